The maximum atomic E-state index is 4.86. The summed E-state index contributed by atoms with van der Waals surface area (Å²) in [6.45, 7) is 8.41. The zero-order chi connectivity index (χ0) is 19.1. The molecule has 0 heterocycles. The van der Waals surface area contributed by atoms with Gasteiger partial charge in [-0.25, -0.2) is 5.01 Å². The molecule has 0 saturated heterocycles. The summed E-state index contributed by atoms with van der Waals surface area (Å²) in [6.07, 6.45) is 1.96. The van der Waals surface area contributed by atoms with Crippen LogP contribution < -0.4 is 9.91 Å². The number of hydrazone groups is 1. The molecule has 0 amide bonds. The van der Waals surface area contributed by atoms with Gasteiger partial charge in [-0.3, -0.25) is 0 Å². The minimum Gasteiger partial charge on any atom is -0.372 e. The quantitative estimate of drug-likeness (QED) is 0.381. The lowest BCUT2D eigenvalue weighted by Gasteiger charge is -2.23. The SMILES string of the molecule is CCN(CC)c1ccccc1/C=N/N(c1ccccc1)c1ccc(C)cc1. The van der Waals surface area contributed by atoms with Gasteiger partial charge in [-0.2, -0.15) is 5.10 Å². The normalized spacial score (nSPS) is 10.9. The second-order valence-corrected chi connectivity index (χ2v) is 6.46. The number of rotatable bonds is 7. The standard InChI is InChI=1S/C24H27N3/c1-4-26(5-2)24-14-10-9-11-21(24)19-25-27(22-12-7-6-8-13-22)23-17-15-20(3)16-18-23/h6-19H,4-5H2,1-3H3/b25-19+. The van der Waals surface area contributed by atoms with Crippen LogP contribution in [-0.2, 0) is 0 Å². The maximum absolute atomic E-state index is 4.86. The van der Waals surface area contributed by atoms with Crippen molar-refractivity contribution in [1.82, 2.24) is 0 Å². The lowest BCUT2D eigenvalue weighted by Crippen LogP contribution is -2.23. The predicted molar refractivity (Wildman–Crippen MR) is 117 cm³/mol. The van der Waals surface area contributed by atoms with Crippen molar-refractivity contribution in [3.05, 3.63) is 90.0 Å². The molecule has 0 spiro atoms. The van der Waals surface area contributed by atoms with Crippen LogP contribution in [-0.4, -0.2) is 19.3 Å². The van der Waals surface area contributed by atoms with Gasteiger partial charge in [0.25, 0.3) is 0 Å². The van der Waals surface area contributed by atoms with Crippen molar-refractivity contribution in [2.45, 2.75) is 20.8 Å². The molecule has 3 rings (SSSR count). The molecule has 3 heteroatoms. The highest BCUT2D eigenvalue weighted by Gasteiger charge is 2.09. The fourth-order valence-electron chi connectivity index (χ4n) is 3.11. The van der Waals surface area contributed by atoms with Gasteiger partial charge in [0, 0.05) is 24.3 Å². The molecule has 0 fully saturated rings. The van der Waals surface area contributed by atoms with Crippen molar-refractivity contribution in [2.24, 2.45) is 5.10 Å². The van der Waals surface area contributed by atoms with Crippen molar-refractivity contribution in [2.75, 3.05) is 23.0 Å². The van der Waals surface area contributed by atoms with Crippen LogP contribution in [0.15, 0.2) is 84.0 Å². The zero-order valence-corrected chi connectivity index (χ0v) is 16.3. The summed E-state index contributed by atoms with van der Waals surface area (Å²) in [7, 11) is 0. The third-order valence-corrected chi connectivity index (χ3v) is 4.63. The van der Waals surface area contributed by atoms with Crippen LogP contribution in [0.5, 0.6) is 0 Å². The molecule has 0 aliphatic heterocycles. The molecule has 0 saturated carbocycles. The van der Waals surface area contributed by atoms with Gasteiger partial charge in [0.05, 0.1) is 17.6 Å². The average Bonchev–Trinajstić information content (AvgIpc) is 2.72. The third kappa shape index (κ3) is 4.56. The Morgan fingerprint density at radius 3 is 2.00 bits per heavy atom. The van der Waals surface area contributed by atoms with E-state index in [9.17, 15) is 0 Å². The first kappa shape index (κ1) is 18.7. The summed E-state index contributed by atoms with van der Waals surface area (Å²) in [5.74, 6) is 0. The minimum absolute atomic E-state index is 0.974. The van der Waals surface area contributed by atoms with E-state index in [1.807, 2.05) is 29.4 Å². The molecule has 0 aromatic heterocycles. The molecular formula is C24H27N3. The van der Waals surface area contributed by atoms with Gasteiger partial charge in [-0.15, -0.1) is 0 Å². The van der Waals surface area contributed by atoms with E-state index in [2.05, 4.69) is 86.3 Å². The Labute approximate surface area is 162 Å². The van der Waals surface area contributed by atoms with E-state index in [0.717, 1.165) is 30.0 Å². The first-order valence-electron chi connectivity index (χ1n) is 9.52. The van der Waals surface area contributed by atoms with Crippen molar-refractivity contribution in [3.63, 3.8) is 0 Å². The van der Waals surface area contributed by atoms with Gasteiger partial charge < -0.3 is 4.90 Å². The first-order chi connectivity index (χ1) is 13.2. The van der Waals surface area contributed by atoms with Crippen LogP contribution in [0.2, 0.25) is 0 Å². The summed E-state index contributed by atoms with van der Waals surface area (Å²) in [4.78, 5) is 2.35. The summed E-state index contributed by atoms with van der Waals surface area (Å²) in [6, 6.07) is 27.1. The fourth-order valence-corrected chi connectivity index (χ4v) is 3.11. The third-order valence-electron chi connectivity index (χ3n) is 4.63. The van der Waals surface area contributed by atoms with Gasteiger partial charge in [0.1, 0.15) is 0 Å². The number of aryl methyl sites for hydroxylation is 1. The minimum atomic E-state index is 0.974. The Morgan fingerprint density at radius 1 is 0.741 bits per heavy atom. The predicted octanol–water partition coefficient (Wildman–Crippen LogP) is 6.01. The van der Waals surface area contributed by atoms with E-state index in [-0.39, 0.29) is 0 Å². The van der Waals surface area contributed by atoms with Crippen LogP contribution in [0, 0.1) is 6.92 Å². The number of para-hydroxylation sites is 2. The monoisotopic (exact) mass is 357 g/mol. The van der Waals surface area contributed by atoms with E-state index in [1.54, 1.807) is 0 Å². The molecule has 0 aliphatic rings. The van der Waals surface area contributed by atoms with Crippen molar-refractivity contribution >= 4 is 23.3 Å². The van der Waals surface area contributed by atoms with Crippen molar-refractivity contribution in [3.8, 4) is 0 Å². The Kier molecular flexibility index (Phi) is 6.26. The molecule has 0 unspecified atom stereocenters. The molecule has 0 atom stereocenters. The molecule has 0 bridgehead atoms. The smallest absolute Gasteiger partial charge is 0.0652 e. The van der Waals surface area contributed by atoms with Crippen LogP contribution in [0.4, 0.5) is 17.1 Å². The van der Waals surface area contributed by atoms with E-state index in [0.29, 0.717) is 0 Å². The summed E-state index contributed by atoms with van der Waals surface area (Å²) >= 11 is 0. The number of benzene rings is 3. The number of anilines is 3. The topological polar surface area (TPSA) is 18.8 Å². The van der Waals surface area contributed by atoms with Gasteiger partial charge in [0.15, 0.2) is 0 Å². The fraction of sp³-hybridized carbons (Fsp3) is 0.208. The highest BCUT2D eigenvalue weighted by Crippen LogP contribution is 2.26. The Bertz CT molecular complexity index is 866. The summed E-state index contributed by atoms with van der Waals surface area (Å²) in [5, 5.41) is 6.84. The largest absolute Gasteiger partial charge is 0.372 e. The molecule has 0 aliphatic carbocycles. The molecule has 0 N–H and O–H groups in total. The van der Waals surface area contributed by atoms with Gasteiger partial charge in [-0.1, -0.05) is 54.1 Å². The molecule has 138 valence electrons. The molecule has 3 aromatic carbocycles. The van der Waals surface area contributed by atoms with Crippen LogP contribution in [0.3, 0.4) is 0 Å². The van der Waals surface area contributed by atoms with Crippen LogP contribution in [0.1, 0.15) is 25.0 Å². The number of nitrogens with zero attached hydrogens (tertiary/aromatic N) is 3. The van der Waals surface area contributed by atoms with E-state index in [1.165, 1.54) is 11.3 Å². The Morgan fingerprint density at radius 2 is 1.33 bits per heavy atom. The summed E-state index contributed by atoms with van der Waals surface area (Å²) < 4.78 is 0. The maximum Gasteiger partial charge on any atom is 0.0652 e. The van der Waals surface area contributed by atoms with Crippen LogP contribution >= 0.6 is 0 Å². The molecule has 27 heavy (non-hydrogen) atoms. The summed E-state index contributed by atoms with van der Waals surface area (Å²) in [5.41, 5.74) is 5.65. The Balaban J connectivity index is 1.99. The zero-order valence-electron chi connectivity index (χ0n) is 16.3. The van der Waals surface area contributed by atoms with Gasteiger partial charge in [0.2, 0.25) is 0 Å². The van der Waals surface area contributed by atoms with Gasteiger partial charge in [-0.05, 0) is 51.1 Å². The lowest BCUT2D eigenvalue weighted by atomic mass is 10.1. The molecule has 3 aromatic rings. The lowest BCUT2D eigenvalue weighted by molar-refractivity contribution is 0.865. The highest BCUT2D eigenvalue weighted by atomic mass is 15.5. The average molecular weight is 358 g/mol. The molecule has 3 nitrogen and oxygen atoms in total. The first-order valence-corrected chi connectivity index (χ1v) is 9.52. The Hall–Kier alpha value is -3.07. The van der Waals surface area contributed by atoms with Gasteiger partial charge >= 0.3 is 0 Å². The van der Waals surface area contributed by atoms with Crippen LogP contribution in [0.25, 0.3) is 0 Å². The van der Waals surface area contributed by atoms with E-state index < -0.39 is 0 Å². The number of hydrogen-bond donors (Lipinski definition) is 0. The molecular weight excluding hydrogens is 330 g/mol. The second kappa shape index (κ2) is 9.04. The second-order valence-electron chi connectivity index (χ2n) is 6.46. The highest BCUT2D eigenvalue weighted by molar-refractivity contribution is 5.89. The van der Waals surface area contributed by atoms with Crippen molar-refractivity contribution in [1.29, 1.82) is 0 Å². The number of hydrogen-bond acceptors (Lipinski definition) is 3. The van der Waals surface area contributed by atoms with Crippen molar-refractivity contribution < 1.29 is 0 Å². The van der Waals surface area contributed by atoms with E-state index >= 15 is 0 Å². The van der Waals surface area contributed by atoms with E-state index in [4.69, 9.17) is 5.10 Å². The molecule has 0 radical (unpaired) electrons.